The lowest BCUT2D eigenvalue weighted by molar-refractivity contribution is 0.0516. The number of rotatable bonds is 3. The first-order valence-electron chi connectivity index (χ1n) is 5.43. The first-order chi connectivity index (χ1) is 8.26. The average Bonchev–Trinajstić information content (AvgIpc) is 2.37. The zero-order valence-corrected chi connectivity index (χ0v) is 9.51. The van der Waals surface area contributed by atoms with Crippen LogP contribution in [-0.4, -0.2) is 22.7 Å². The third kappa shape index (κ3) is 2.26. The topological polar surface area (TPSA) is 59.4 Å². The van der Waals surface area contributed by atoms with Gasteiger partial charge in [-0.1, -0.05) is 18.2 Å². The van der Waals surface area contributed by atoms with E-state index in [-0.39, 0.29) is 18.9 Å². The molecule has 0 fully saturated rings. The molecule has 2 rings (SSSR count). The number of esters is 1. The molecule has 0 aliphatic rings. The van der Waals surface area contributed by atoms with Gasteiger partial charge in [0.15, 0.2) is 5.69 Å². The predicted octanol–water partition coefficient (Wildman–Crippen LogP) is 1.90. The SMILES string of the molecule is CCOC(=O)c1nc2ccccc2cc1CO. The Morgan fingerprint density at radius 1 is 1.41 bits per heavy atom. The van der Waals surface area contributed by atoms with Crippen LogP contribution in [0.4, 0.5) is 0 Å². The minimum Gasteiger partial charge on any atom is -0.461 e. The number of fused-ring (bicyclic) bond motifs is 1. The van der Waals surface area contributed by atoms with E-state index in [2.05, 4.69) is 4.98 Å². The molecule has 0 radical (unpaired) electrons. The molecule has 1 aromatic carbocycles. The van der Waals surface area contributed by atoms with E-state index in [1.807, 2.05) is 24.3 Å². The van der Waals surface area contributed by atoms with Crippen molar-refractivity contribution < 1.29 is 14.6 Å². The highest BCUT2D eigenvalue weighted by atomic mass is 16.5. The van der Waals surface area contributed by atoms with Crippen LogP contribution in [0.5, 0.6) is 0 Å². The second-order valence-electron chi connectivity index (χ2n) is 3.57. The summed E-state index contributed by atoms with van der Waals surface area (Å²) in [7, 11) is 0. The number of carbonyl (C=O) groups is 1. The van der Waals surface area contributed by atoms with E-state index < -0.39 is 5.97 Å². The molecule has 1 heterocycles. The number of carbonyl (C=O) groups excluding carboxylic acids is 1. The number of aliphatic hydroxyl groups is 1. The molecule has 4 nitrogen and oxygen atoms in total. The van der Waals surface area contributed by atoms with E-state index in [1.165, 1.54) is 0 Å². The Bertz CT molecular complexity index is 551. The van der Waals surface area contributed by atoms with Crippen molar-refractivity contribution in [2.75, 3.05) is 6.61 Å². The summed E-state index contributed by atoms with van der Waals surface area (Å²) in [5.74, 6) is -0.498. The van der Waals surface area contributed by atoms with Crippen molar-refractivity contribution in [2.45, 2.75) is 13.5 Å². The summed E-state index contributed by atoms with van der Waals surface area (Å²) in [4.78, 5) is 15.9. The first kappa shape index (κ1) is 11.5. The Hall–Kier alpha value is -1.94. The molecule has 0 saturated carbocycles. The van der Waals surface area contributed by atoms with E-state index in [4.69, 9.17) is 4.74 Å². The highest BCUT2D eigenvalue weighted by molar-refractivity contribution is 5.92. The lowest BCUT2D eigenvalue weighted by Crippen LogP contribution is -2.11. The summed E-state index contributed by atoms with van der Waals surface area (Å²) >= 11 is 0. The van der Waals surface area contributed by atoms with Crippen molar-refractivity contribution >= 4 is 16.9 Å². The van der Waals surface area contributed by atoms with Crippen LogP contribution in [0.1, 0.15) is 23.0 Å². The molecule has 0 spiro atoms. The van der Waals surface area contributed by atoms with Crippen LogP contribution in [0.15, 0.2) is 30.3 Å². The maximum atomic E-state index is 11.7. The van der Waals surface area contributed by atoms with Gasteiger partial charge in [0.2, 0.25) is 0 Å². The number of benzene rings is 1. The van der Waals surface area contributed by atoms with Gasteiger partial charge in [-0.15, -0.1) is 0 Å². The maximum absolute atomic E-state index is 11.7. The van der Waals surface area contributed by atoms with Gasteiger partial charge in [0.05, 0.1) is 18.7 Å². The van der Waals surface area contributed by atoms with Crippen LogP contribution in [-0.2, 0) is 11.3 Å². The minimum atomic E-state index is -0.498. The Morgan fingerprint density at radius 3 is 2.88 bits per heavy atom. The van der Waals surface area contributed by atoms with Crippen LogP contribution in [0.25, 0.3) is 10.9 Å². The first-order valence-corrected chi connectivity index (χ1v) is 5.43. The molecule has 17 heavy (non-hydrogen) atoms. The van der Waals surface area contributed by atoms with Crippen LogP contribution >= 0.6 is 0 Å². The van der Waals surface area contributed by atoms with Gasteiger partial charge in [0.25, 0.3) is 0 Å². The third-order valence-electron chi connectivity index (χ3n) is 2.44. The zero-order chi connectivity index (χ0) is 12.3. The zero-order valence-electron chi connectivity index (χ0n) is 9.51. The maximum Gasteiger partial charge on any atom is 0.357 e. The van der Waals surface area contributed by atoms with E-state index in [0.29, 0.717) is 11.1 Å². The van der Waals surface area contributed by atoms with E-state index in [9.17, 15) is 9.90 Å². The molecule has 0 unspecified atom stereocenters. The fourth-order valence-electron chi connectivity index (χ4n) is 1.66. The summed E-state index contributed by atoms with van der Waals surface area (Å²) in [5.41, 5.74) is 1.39. The molecule has 0 amide bonds. The monoisotopic (exact) mass is 231 g/mol. The van der Waals surface area contributed by atoms with Crippen LogP contribution in [0.3, 0.4) is 0 Å². The molecule has 0 aliphatic heterocycles. The molecule has 0 atom stereocenters. The van der Waals surface area contributed by atoms with Crippen LogP contribution in [0.2, 0.25) is 0 Å². The number of aliphatic hydroxyl groups excluding tert-OH is 1. The molecule has 0 bridgehead atoms. The molecular formula is C13H13NO3. The van der Waals surface area contributed by atoms with Gasteiger partial charge in [-0.3, -0.25) is 0 Å². The standard InChI is InChI=1S/C13H13NO3/c1-2-17-13(16)12-10(8-15)7-9-5-3-4-6-11(9)14-12/h3-7,15H,2,8H2,1H3. The van der Waals surface area contributed by atoms with Gasteiger partial charge in [-0.2, -0.15) is 0 Å². The number of pyridine rings is 1. The highest BCUT2D eigenvalue weighted by Gasteiger charge is 2.14. The van der Waals surface area contributed by atoms with Crippen LogP contribution in [0, 0.1) is 0 Å². The smallest absolute Gasteiger partial charge is 0.357 e. The molecule has 1 aromatic heterocycles. The summed E-state index contributed by atoms with van der Waals surface area (Å²) in [6, 6.07) is 9.20. The van der Waals surface area contributed by atoms with Gasteiger partial charge in [-0.05, 0) is 19.1 Å². The molecule has 0 saturated heterocycles. The fraction of sp³-hybridized carbons (Fsp3) is 0.231. The second-order valence-corrected chi connectivity index (χ2v) is 3.57. The summed E-state index contributed by atoms with van der Waals surface area (Å²) in [6.45, 7) is 1.79. The van der Waals surface area contributed by atoms with Gasteiger partial charge in [0.1, 0.15) is 0 Å². The van der Waals surface area contributed by atoms with Crippen LogP contribution < -0.4 is 0 Å². The molecule has 0 aliphatic carbocycles. The number of hydrogen-bond donors (Lipinski definition) is 1. The Kier molecular flexibility index (Phi) is 3.35. The van der Waals surface area contributed by atoms with Crippen molar-refractivity contribution in [2.24, 2.45) is 0 Å². The van der Waals surface area contributed by atoms with Gasteiger partial charge < -0.3 is 9.84 Å². The van der Waals surface area contributed by atoms with Crippen molar-refractivity contribution in [3.8, 4) is 0 Å². The molecular weight excluding hydrogens is 218 g/mol. The van der Waals surface area contributed by atoms with Crippen molar-refractivity contribution in [3.63, 3.8) is 0 Å². The van der Waals surface area contributed by atoms with Gasteiger partial charge >= 0.3 is 5.97 Å². The number of para-hydroxylation sites is 1. The van der Waals surface area contributed by atoms with Gasteiger partial charge in [-0.25, -0.2) is 9.78 Å². The van der Waals surface area contributed by atoms with Crippen molar-refractivity contribution in [1.82, 2.24) is 4.98 Å². The predicted molar refractivity (Wildman–Crippen MR) is 63.6 cm³/mol. The molecule has 2 aromatic rings. The third-order valence-corrected chi connectivity index (χ3v) is 2.44. The fourth-order valence-corrected chi connectivity index (χ4v) is 1.66. The lowest BCUT2D eigenvalue weighted by Gasteiger charge is -2.07. The molecule has 88 valence electrons. The quantitative estimate of drug-likeness (QED) is 0.820. The summed E-state index contributed by atoms with van der Waals surface area (Å²) in [6.07, 6.45) is 0. The normalized spacial score (nSPS) is 10.5. The number of nitrogens with zero attached hydrogens (tertiary/aromatic N) is 1. The molecule has 1 N–H and O–H groups in total. The number of ether oxygens (including phenoxy) is 1. The highest BCUT2D eigenvalue weighted by Crippen LogP contribution is 2.17. The van der Waals surface area contributed by atoms with Crippen molar-refractivity contribution in [1.29, 1.82) is 0 Å². The molecule has 4 heteroatoms. The minimum absolute atomic E-state index is 0.188. The van der Waals surface area contributed by atoms with E-state index in [0.717, 1.165) is 5.39 Å². The Balaban J connectivity index is 2.56. The Labute approximate surface area is 98.9 Å². The summed E-state index contributed by atoms with van der Waals surface area (Å²) in [5, 5.41) is 10.1. The Morgan fingerprint density at radius 2 is 2.18 bits per heavy atom. The second kappa shape index (κ2) is 4.93. The summed E-state index contributed by atoms with van der Waals surface area (Å²) < 4.78 is 4.91. The van der Waals surface area contributed by atoms with E-state index in [1.54, 1.807) is 13.0 Å². The number of aromatic nitrogens is 1. The lowest BCUT2D eigenvalue weighted by atomic mass is 10.1. The average molecular weight is 231 g/mol. The van der Waals surface area contributed by atoms with Crippen molar-refractivity contribution in [3.05, 3.63) is 41.6 Å². The van der Waals surface area contributed by atoms with Gasteiger partial charge in [0, 0.05) is 10.9 Å². The van der Waals surface area contributed by atoms with E-state index >= 15 is 0 Å². The number of hydrogen-bond acceptors (Lipinski definition) is 4. The largest absolute Gasteiger partial charge is 0.461 e.